The van der Waals surface area contributed by atoms with Crippen LogP contribution in [0, 0.1) is 6.92 Å². The summed E-state index contributed by atoms with van der Waals surface area (Å²) in [5.74, 6) is 0.0360. The first-order chi connectivity index (χ1) is 10.6. The van der Waals surface area contributed by atoms with Gasteiger partial charge in [-0.25, -0.2) is 4.98 Å². The number of carbonyl (C=O) groups is 1. The van der Waals surface area contributed by atoms with Crippen molar-refractivity contribution in [3.8, 4) is 17.0 Å². The highest BCUT2D eigenvalue weighted by atomic mass is 32.1. The molecule has 2 heterocycles. The lowest BCUT2D eigenvalue weighted by atomic mass is 10.2. The van der Waals surface area contributed by atoms with Gasteiger partial charge in [0.05, 0.1) is 10.7 Å². The van der Waals surface area contributed by atoms with Crippen molar-refractivity contribution in [3.05, 3.63) is 58.2 Å². The molecule has 2 aromatic heterocycles. The highest BCUT2D eigenvalue weighted by Crippen LogP contribution is 2.22. The molecular weight excluding hydrogens is 298 g/mol. The van der Waals surface area contributed by atoms with Crippen LogP contribution in [0.4, 0.5) is 0 Å². The number of carbonyl (C=O) groups excluding carboxylic acids is 1. The van der Waals surface area contributed by atoms with Crippen molar-refractivity contribution in [2.45, 2.75) is 13.5 Å². The van der Waals surface area contributed by atoms with Crippen molar-refractivity contribution >= 4 is 17.2 Å². The van der Waals surface area contributed by atoms with Crippen molar-refractivity contribution in [2.24, 2.45) is 0 Å². The molecule has 0 saturated carbocycles. The molecule has 22 heavy (non-hydrogen) atoms. The highest BCUT2D eigenvalue weighted by Gasteiger charge is 2.11. The van der Waals surface area contributed by atoms with Gasteiger partial charge in [0.1, 0.15) is 11.4 Å². The lowest BCUT2D eigenvalue weighted by Crippen LogP contribution is -2.22. The van der Waals surface area contributed by atoms with E-state index in [1.807, 2.05) is 12.3 Å². The number of rotatable bonds is 4. The molecule has 0 fully saturated rings. The number of thiazole rings is 1. The zero-order valence-electron chi connectivity index (χ0n) is 12.0. The number of hydrogen-bond acceptors (Lipinski definition) is 4. The molecule has 0 bridgehead atoms. The lowest BCUT2D eigenvalue weighted by Gasteiger charge is -2.04. The summed E-state index contributed by atoms with van der Waals surface area (Å²) < 4.78 is 0. The molecule has 1 amide bonds. The zero-order chi connectivity index (χ0) is 15.5. The van der Waals surface area contributed by atoms with Crippen molar-refractivity contribution < 1.29 is 9.90 Å². The van der Waals surface area contributed by atoms with E-state index in [2.05, 4.69) is 15.3 Å². The number of phenols is 1. The molecule has 3 N–H and O–H groups in total. The average molecular weight is 313 g/mol. The monoisotopic (exact) mass is 313 g/mol. The maximum atomic E-state index is 12.1. The number of H-pyrrole nitrogens is 1. The summed E-state index contributed by atoms with van der Waals surface area (Å²) in [4.78, 5) is 19.5. The number of benzene rings is 1. The van der Waals surface area contributed by atoms with Gasteiger partial charge < -0.3 is 15.4 Å². The first-order valence-electron chi connectivity index (χ1n) is 6.79. The van der Waals surface area contributed by atoms with Gasteiger partial charge in [0.2, 0.25) is 0 Å². The van der Waals surface area contributed by atoms with Gasteiger partial charge in [-0.05, 0) is 30.7 Å². The van der Waals surface area contributed by atoms with Gasteiger partial charge in [-0.2, -0.15) is 0 Å². The van der Waals surface area contributed by atoms with Gasteiger partial charge >= 0.3 is 0 Å². The third kappa shape index (κ3) is 3.17. The summed E-state index contributed by atoms with van der Waals surface area (Å²) in [6.07, 6.45) is 1.78. The summed E-state index contributed by atoms with van der Waals surface area (Å²) in [7, 11) is 0. The van der Waals surface area contributed by atoms with E-state index in [4.69, 9.17) is 0 Å². The third-order valence-electron chi connectivity index (χ3n) is 3.23. The van der Waals surface area contributed by atoms with Gasteiger partial charge in [-0.15, -0.1) is 11.3 Å². The van der Waals surface area contributed by atoms with E-state index in [1.165, 1.54) is 0 Å². The minimum absolute atomic E-state index is 0.175. The molecule has 0 spiro atoms. The van der Waals surface area contributed by atoms with E-state index in [-0.39, 0.29) is 11.7 Å². The van der Waals surface area contributed by atoms with Crippen LogP contribution in [-0.2, 0) is 6.54 Å². The van der Waals surface area contributed by atoms with Gasteiger partial charge in [-0.3, -0.25) is 4.79 Å². The Kier molecular flexibility index (Phi) is 3.93. The van der Waals surface area contributed by atoms with Gasteiger partial charge in [0.25, 0.3) is 5.91 Å². The number of aromatic hydroxyl groups is 1. The van der Waals surface area contributed by atoms with E-state index in [9.17, 15) is 9.90 Å². The maximum Gasteiger partial charge on any atom is 0.267 e. The second-order valence-corrected chi connectivity index (χ2v) is 5.97. The first kappa shape index (κ1) is 14.3. The van der Waals surface area contributed by atoms with Crippen LogP contribution in [0.15, 0.2) is 41.9 Å². The summed E-state index contributed by atoms with van der Waals surface area (Å²) in [6.45, 7) is 2.36. The summed E-state index contributed by atoms with van der Waals surface area (Å²) in [5, 5.41) is 15.0. The molecule has 3 rings (SSSR count). The first-order valence-corrected chi connectivity index (χ1v) is 7.67. The number of hydrogen-bond donors (Lipinski definition) is 3. The van der Waals surface area contributed by atoms with Crippen molar-refractivity contribution in [2.75, 3.05) is 0 Å². The molecule has 3 aromatic rings. The second kappa shape index (κ2) is 6.03. The fourth-order valence-corrected chi connectivity index (χ4v) is 2.68. The lowest BCUT2D eigenvalue weighted by molar-refractivity contribution is 0.0946. The van der Waals surface area contributed by atoms with Crippen LogP contribution in [-0.4, -0.2) is 21.0 Å². The standard InChI is InChI=1S/C16H15N3O2S/c1-10-19-15(9-22-10)12-6-14(17-8-12)16(21)18-7-11-2-4-13(20)5-3-11/h2-6,8-9,17,20H,7H2,1H3,(H,18,21). The van der Waals surface area contributed by atoms with Gasteiger partial charge in [-0.1, -0.05) is 12.1 Å². The average Bonchev–Trinajstić information content (AvgIpc) is 3.15. The number of phenolic OH excluding ortho intramolecular Hbond substituents is 1. The fraction of sp³-hybridized carbons (Fsp3) is 0.125. The van der Waals surface area contributed by atoms with Crippen LogP contribution in [0.1, 0.15) is 21.1 Å². The molecule has 6 heteroatoms. The molecule has 0 radical (unpaired) electrons. The van der Waals surface area contributed by atoms with Gasteiger partial charge in [0.15, 0.2) is 0 Å². The van der Waals surface area contributed by atoms with Crippen LogP contribution in [0.2, 0.25) is 0 Å². The second-order valence-electron chi connectivity index (χ2n) is 4.90. The van der Waals surface area contributed by atoms with E-state index < -0.39 is 0 Å². The van der Waals surface area contributed by atoms with E-state index in [0.29, 0.717) is 12.2 Å². The van der Waals surface area contributed by atoms with E-state index >= 15 is 0 Å². The number of aromatic nitrogens is 2. The number of amides is 1. The molecule has 0 aliphatic heterocycles. The Morgan fingerprint density at radius 3 is 2.82 bits per heavy atom. The Bertz CT molecular complexity index is 790. The summed E-state index contributed by atoms with van der Waals surface area (Å²) in [6, 6.07) is 8.53. The Morgan fingerprint density at radius 2 is 2.14 bits per heavy atom. The maximum absolute atomic E-state index is 12.1. The molecular formula is C16H15N3O2S. The molecule has 5 nitrogen and oxygen atoms in total. The number of aryl methyl sites for hydroxylation is 1. The Labute approximate surface area is 131 Å². The largest absolute Gasteiger partial charge is 0.508 e. The Morgan fingerprint density at radius 1 is 1.36 bits per heavy atom. The van der Waals surface area contributed by atoms with E-state index in [0.717, 1.165) is 21.8 Å². The number of nitrogens with zero attached hydrogens (tertiary/aromatic N) is 1. The van der Waals surface area contributed by atoms with Crippen LogP contribution in [0.25, 0.3) is 11.3 Å². The molecule has 0 unspecified atom stereocenters. The third-order valence-corrected chi connectivity index (χ3v) is 4.01. The van der Waals surface area contributed by atoms with Crippen molar-refractivity contribution in [1.29, 1.82) is 0 Å². The SMILES string of the molecule is Cc1nc(-c2c[nH]c(C(=O)NCc3ccc(O)cc3)c2)cs1. The van der Waals surface area contributed by atoms with Crippen molar-refractivity contribution in [3.63, 3.8) is 0 Å². The van der Waals surface area contributed by atoms with Gasteiger partial charge in [0, 0.05) is 23.7 Å². The summed E-state index contributed by atoms with van der Waals surface area (Å²) in [5.41, 5.74) is 3.20. The highest BCUT2D eigenvalue weighted by molar-refractivity contribution is 7.09. The minimum Gasteiger partial charge on any atom is -0.508 e. The predicted molar refractivity (Wildman–Crippen MR) is 85.9 cm³/mol. The topological polar surface area (TPSA) is 78.0 Å². The van der Waals surface area contributed by atoms with E-state index in [1.54, 1.807) is 47.9 Å². The molecule has 1 aromatic carbocycles. The Balaban J connectivity index is 1.65. The normalized spacial score (nSPS) is 10.6. The number of nitrogens with one attached hydrogen (secondary N) is 2. The number of aromatic amines is 1. The van der Waals surface area contributed by atoms with Crippen LogP contribution in [0.3, 0.4) is 0 Å². The van der Waals surface area contributed by atoms with Crippen LogP contribution >= 0.6 is 11.3 Å². The van der Waals surface area contributed by atoms with Crippen molar-refractivity contribution in [1.82, 2.24) is 15.3 Å². The predicted octanol–water partition coefficient (Wildman–Crippen LogP) is 3.08. The van der Waals surface area contributed by atoms with Crippen LogP contribution in [0.5, 0.6) is 5.75 Å². The fourth-order valence-electron chi connectivity index (χ4n) is 2.06. The minimum atomic E-state index is -0.175. The zero-order valence-corrected chi connectivity index (χ0v) is 12.8. The molecule has 0 aliphatic carbocycles. The molecule has 0 saturated heterocycles. The van der Waals surface area contributed by atoms with Crippen LogP contribution < -0.4 is 5.32 Å². The summed E-state index contributed by atoms with van der Waals surface area (Å²) >= 11 is 1.58. The Hall–Kier alpha value is -2.60. The smallest absolute Gasteiger partial charge is 0.267 e. The molecule has 0 aliphatic rings. The molecule has 0 atom stereocenters. The quantitative estimate of drug-likeness (QED) is 0.692. The molecule has 112 valence electrons.